The molecule has 1 rings (SSSR count). The van der Waals surface area contributed by atoms with Crippen LogP contribution >= 0.6 is 11.6 Å². The van der Waals surface area contributed by atoms with E-state index in [1.54, 1.807) is 13.0 Å². The molecule has 5 heteroatoms. The standard InChI is InChI=1S/C14H20ClNO3/c1-14(18,10-19-2)9-16-13(17)7-6-11-4-3-5-12(15)8-11/h3-5,8,18H,6-7,9-10H2,1-2H3,(H,16,17)/t14-/m0/s1. The van der Waals surface area contributed by atoms with Crippen LogP contribution in [0.15, 0.2) is 24.3 Å². The average Bonchev–Trinajstić information content (AvgIpc) is 2.34. The van der Waals surface area contributed by atoms with E-state index in [4.69, 9.17) is 16.3 Å². The molecule has 0 aliphatic carbocycles. The molecule has 19 heavy (non-hydrogen) atoms. The van der Waals surface area contributed by atoms with Crippen LogP contribution < -0.4 is 5.32 Å². The predicted molar refractivity (Wildman–Crippen MR) is 75.3 cm³/mol. The second-order valence-electron chi connectivity index (χ2n) is 4.84. The Morgan fingerprint density at radius 2 is 2.26 bits per heavy atom. The fourth-order valence-electron chi connectivity index (χ4n) is 1.69. The van der Waals surface area contributed by atoms with Crippen molar-refractivity contribution in [3.8, 4) is 0 Å². The van der Waals surface area contributed by atoms with Gasteiger partial charge in [-0.3, -0.25) is 4.79 Å². The van der Waals surface area contributed by atoms with Gasteiger partial charge in [0.15, 0.2) is 0 Å². The van der Waals surface area contributed by atoms with Gasteiger partial charge in [-0.25, -0.2) is 0 Å². The first-order valence-electron chi connectivity index (χ1n) is 6.15. The summed E-state index contributed by atoms with van der Waals surface area (Å²) in [5.41, 5.74) is -0.0215. The van der Waals surface area contributed by atoms with E-state index in [-0.39, 0.29) is 19.1 Å². The third-order valence-electron chi connectivity index (χ3n) is 2.65. The second kappa shape index (κ2) is 7.48. The summed E-state index contributed by atoms with van der Waals surface area (Å²) in [6.07, 6.45) is 0.988. The second-order valence-corrected chi connectivity index (χ2v) is 5.27. The largest absolute Gasteiger partial charge is 0.386 e. The number of aliphatic hydroxyl groups is 1. The number of ether oxygens (including phenoxy) is 1. The molecule has 0 heterocycles. The maximum Gasteiger partial charge on any atom is 0.220 e. The van der Waals surface area contributed by atoms with Crippen molar-refractivity contribution in [1.82, 2.24) is 5.32 Å². The highest BCUT2D eigenvalue weighted by Gasteiger charge is 2.20. The minimum Gasteiger partial charge on any atom is -0.386 e. The number of benzene rings is 1. The van der Waals surface area contributed by atoms with Gasteiger partial charge >= 0.3 is 0 Å². The number of carbonyl (C=O) groups excluding carboxylic acids is 1. The van der Waals surface area contributed by atoms with Crippen molar-refractivity contribution >= 4 is 17.5 Å². The molecule has 0 aliphatic heterocycles. The van der Waals surface area contributed by atoms with Gasteiger partial charge in [-0.1, -0.05) is 23.7 Å². The van der Waals surface area contributed by atoms with Gasteiger partial charge in [0.05, 0.1) is 6.61 Å². The Morgan fingerprint density at radius 3 is 2.89 bits per heavy atom. The number of hydrogen-bond acceptors (Lipinski definition) is 3. The normalized spacial score (nSPS) is 13.9. The molecule has 106 valence electrons. The van der Waals surface area contributed by atoms with Gasteiger partial charge in [-0.05, 0) is 31.0 Å². The van der Waals surface area contributed by atoms with E-state index in [2.05, 4.69) is 5.32 Å². The first-order valence-corrected chi connectivity index (χ1v) is 6.53. The molecular formula is C14H20ClNO3. The van der Waals surface area contributed by atoms with Gasteiger partial charge < -0.3 is 15.2 Å². The molecule has 1 aromatic carbocycles. The molecule has 0 spiro atoms. The smallest absolute Gasteiger partial charge is 0.220 e. The molecule has 1 aromatic rings. The van der Waals surface area contributed by atoms with Crippen molar-refractivity contribution in [2.45, 2.75) is 25.4 Å². The molecule has 4 nitrogen and oxygen atoms in total. The summed E-state index contributed by atoms with van der Waals surface area (Å²) >= 11 is 5.87. The van der Waals surface area contributed by atoms with Crippen LogP contribution in [-0.4, -0.2) is 36.9 Å². The first-order chi connectivity index (χ1) is 8.93. The Kier molecular flexibility index (Phi) is 6.28. The number of rotatable bonds is 7. The minimum absolute atomic E-state index is 0.101. The van der Waals surface area contributed by atoms with Gasteiger partial charge in [0, 0.05) is 25.1 Å². The van der Waals surface area contributed by atoms with Crippen molar-refractivity contribution in [1.29, 1.82) is 0 Å². The van der Waals surface area contributed by atoms with E-state index in [0.29, 0.717) is 17.9 Å². The third kappa shape index (κ3) is 6.57. The summed E-state index contributed by atoms with van der Waals surface area (Å²) in [6.45, 7) is 1.98. The van der Waals surface area contributed by atoms with Gasteiger partial charge in [0.1, 0.15) is 5.60 Å². The number of hydrogen-bond donors (Lipinski definition) is 2. The van der Waals surface area contributed by atoms with E-state index in [0.717, 1.165) is 5.56 Å². The molecule has 0 unspecified atom stereocenters. The van der Waals surface area contributed by atoms with Crippen LogP contribution in [0.3, 0.4) is 0 Å². The fourth-order valence-corrected chi connectivity index (χ4v) is 1.90. The lowest BCUT2D eigenvalue weighted by molar-refractivity contribution is -0.122. The summed E-state index contributed by atoms with van der Waals surface area (Å²) in [4.78, 5) is 11.7. The number of methoxy groups -OCH3 is 1. The van der Waals surface area contributed by atoms with Crippen molar-refractivity contribution in [2.24, 2.45) is 0 Å². The van der Waals surface area contributed by atoms with Crippen LogP contribution in [0.25, 0.3) is 0 Å². The van der Waals surface area contributed by atoms with Gasteiger partial charge in [0.25, 0.3) is 0 Å². The van der Waals surface area contributed by atoms with E-state index >= 15 is 0 Å². The Balaban J connectivity index is 2.32. The minimum atomic E-state index is -1.04. The zero-order valence-electron chi connectivity index (χ0n) is 11.3. The number of nitrogens with one attached hydrogen (secondary N) is 1. The highest BCUT2D eigenvalue weighted by Crippen LogP contribution is 2.12. The van der Waals surface area contributed by atoms with Crippen molar-refractivity contribution in [3.63, 3.8) is 0 Å². The number of carbonyl (C=O) groups is 1. The van der Waals surface area contributed by atoms with Crippen LogP contribution in [-0.2, 0) is 16.0 Å². The predicted octanol–water partition coefficient (Wildman–Crippen LogP) is 1.79. The first kappa shape index (κ1) is 16.0. The zero-order chi connectivity index (χ0) is 14.3. The van der Waals surface area contributed by atoms with Crippen LogP contribution in [0.2, 0.25) is 5.02 Å². The number of amides is 1. The zero-order valence-corrected chi connectivity index (χ0v) is 12.0. The number of aryl methyl sites for hydroxylation is 1. The van der Waals surface area contributed by atoms with E-state index in [1.807, 2.05) is 18.2 Å². The van der Waals surface area contributed by atoms with Crippen molar-refractivity contribution in [2.75, 3.05) is 20.3 Å². The van der Waals surface area contributed by atoms with Gasteiger partial charge in [-0.2, -0.15) is 0 Å². The quantitative estimate of drug-likeness (QED) is 0.803. The molecule has 0 radical (unpaired) electrons. The Bertz CT molecular complexity index is 421. The molecule has 0 aromatic heterocycles. The lowest BCUT2D eigenvalue weighted by atomic mass is 10.1. The molecule has 0 bridgehead atoms. The summed E-state index contributed by atoms with van der Waals surface area (Å²) in [5.74, 6) is -0.101. The molecule has 0 aliphatic rings. The monoisotopic (exact) mass is 285 g/mol. The summed E-state index contributed by atoms with van der Waals surface area (Å²) in [6, 6.07) is 7.43. The van der Waals surface area contributed by atoms with E-state index in [1.165, 1.54) is 7.11 Å². The van der Waals surface area contributed by atoms with Crippen molar-refractivity contribution < 1.29 is 14.6 Å². The maximum absolute atomic E-state index is 11.7. The summed E-state index contributed by atoms with van der Waals surface area (Å²) in [5, 5.41) is 13.2. The molecule has 2 N–H and O–H groups in total. The maximum atomic E-state index is 11.7. The molecule has 0 saturated heterocycles. The molecule has 1 atom stereocenters. The number of halogens is 1. The Hall–Kier alpha value is -1.10. The van der Waals surface area contributed by atoms with Gasteiger partial charge in [0.2, 0.25) is 5.91 Å². The van der Waals surface area contributed by atoms with E-state index in [9.17, 15) is 9.90 Å². The van der Waals surface area contributed by atoms with Crippen LogP contribution in [0.5, 0.6) is 0 Å². The Labute approximate surface area is 118 Å². The molecular weight excluding hydrogens is 266 g/mol. The van der Waals surface area contributed by atoms with Crippen LogP contribution in [0, 0.1) is 0 Å². The average molecular weight is 286 g/mol. The topological polar surface area (TPSA) is 58.6 Å². The summed E-state index contributed by atoms with van der Waals surface area (Å²) in [7, 11) is 1.51. The van der Waals surface area contributed by atoms with Crippen LogP contribution in [0.4, 0.5) is 0 Å². The highest BCUT2D eigenvalue weighted by atomic mass is 35.5. The van der Waals surface area contributed by atoms with E-state index < -0.39 is 5.60 Å². The molecule has 1 amide bonds. The summed E-state index contributed by atoms with van der Waals surface area (Å²) < 4.78 is 4.87. The lowest BCUT2D eigenvalue weighted by Gasteiger charge is -2.22. The molecule has 0 fully saturated rings. The lowest BCUT2D eigenvalue weighted by Crippen LogP contribution is -2.43. The van der Waals surface area contributed by atoms with Gasteiger partial charge in [-0.15, -0.1) is 0 Å². The SMILES string of the molecule is COC[C@@](C)(O)CNC(=O)CCc1cccc(Cl)c1. The third-order valence-corrected chi connectivity index (χ3v) is 2.89. The highest BCUT2D eigenvalue weighted by molar-refractivity contribution is 6.30. The van der Waals surface area contributed by atoms with Crippen molar-refractivity contribution in [3.05, 3.63) is 34.9 Å². The van der Waals surface area contributed by atoms with Crippen LogP contribution in [0.1, 0.15) is 18.9 Å². The molecule has 0 saturated carbocycles. The Morgan fingerprint density at radius 1 is 1.53 bits per heavy atom. The fraction of sp³-hybridized carbons (Fsp3) is 0.500.